The van der Waals surface area contributed by atoms with E-state index in [4.69, 9.17) is 10.3 Å². The van der Waals surface area contributed by atoms with Crippen molar-refractivity contribution < 1.29 is 4.52 Å². The molecule has 2 heterocycles. The summed E-state index contributed by atoms with van der Waals surface area (Å²) in [5.41, 5.74) is 7.87. The Labute approximate surface area is 100 Å². The third-order valence-electron chi connectivity index (χ3n) is 2.62. The fourth-order valence-electron chi connectivity index (χ4n) is 1.65. The Morgan fingerprint density at radius 1 is 1.47 bits per heavy atom. The molecule has 1 atom stereocenters. The number of aromatic nitrogens is 3. The average molecular weight is 232 g/mol. The monoisotopic (exact) mass is 232 g/mol. The van der Waals surface area contributed by atoms with Crippen LogP contribution in [0.5, 0.6) is 0 Å². The largest absolute Gasteiger partial charge is 0.337 e. The van der Waals surface area contributed by atoms with Crippen LogP contribution in [0.25, 0.3) is 11.4 Å². The van der Waals surface area contributed by atoms with Crippen LogP contribution in [0.3, 0.4) is 0 Å². The summed E-state index contributed by atoms with van der Waals surface area (Å²) < 4.78 is 5.18. The van der Waals surface area contributed by atoms with Crippen molar-refractivity contribution >= 4 is 0 Å². The lowest BCUT2D eigenvalue weighted by molar-refractivity contribution is 0.348. The van der Waals surface area contributed by atoms with E-state index in [2.05, 4.69) is 22.0 Å². The fraction of sp³-hybridized carbons (Fsp3) is 0.417. The smallest absolute Gasteiger partial charge is 0.243 e. The van der Waals surface area contributed by atoms with Gasteiger partial charge in [0, 0.05) is 18.0 Å². The van der Waals surface area contributed by atoms with Gasteiger partial charge in [-0.25, -0.2) is 0 Å². The summed E-state index contributed by atoms with van der Waals surface area (Å²) in [7, 11) is 0. The lowest BCUT2D eigenvalue weighted by Crippen LogP contribution is -2.09. The second-order valence-electron chi connectivity index (χ2n) is 4.04. The molecule has 0 spiro atoms. The third kappa shape index (κ3) is 2.50. The van der Waals surface area contributed by atoms with E-state index in [9.17, 15) is 0 Å². The molecule has 5 nitrogen and oxygen atoms in total. The molecular weight excluding hydrogens is 216 g/mol. The predicted octanol–water partition coefficient (Wildman–Crippen LogP) is 2.24. The summed E-state index contributed by atoms with van der Waals surface area (Å²) in [6, 6.07) is 1.69. The molecule has 2 rings (SSSR count). The maximum absolute atomic E-state index is 5.93. The van der Waals surface area contributed by atoms with Crippen LogP contribution < -0.4 is 5.73 Å². The Balaban J connectivity index is 2.27. The second-order valence-corrected chi connectivity index (χ2v) is 4.04. The summed E-state index contributed by atoms with van der Waals surface area (Å²) in [5.74, 6) is 1.07. The van der Waals surface area contributed by atoms with Crippen molar-refractivity contribution in [2.24, 2.45) is 5.73 Å². The summed E-state index contributed by atoms with van der Waals surface area (Å²) >= 11 is 0. The van der Waals surface area contributed by atoms with E-state index in [1.54, 1.807) is 12.4 Å². The SMILES string of the molecule is CCC[C@@H](N)c1nc(-c2ccncc2C)no1. The van der Waals surface area contributed by atoms with Crippen LogP contribution in [0, 0.1) is 6.92 Å². The zero-order chi connectivity index (χ0) is 12.3. The van der Waals surface area contributed by atoms with Crippen LogP contribution in [-0.2, 0) is 0 Å². The van der Waals surface area contributed by atoms with Crippen molar-refractivity contribution in [2.75, 3.05) is 0 Å². The standard InChI is InChI=1S/C12H16N4O/c1-3-4-10(13)12-15-11(16-17-12)9-5-6-14-7-8(9)2/h5-7,10H,3-4,13H2,1-2H3/t10-/m1/s1. The normalized spacial score (nSPS) is 12.6. The van der Waals surface area contributed by atoms with Gasteiger partial charge in [0.15, 0.2) is 0 Å². The molecule has 2 aromatic rings. The Bertz CT molecular complexity index is 495. The number of rotatable bonds is 4. The maximum atomic E-state index is 5.93. The second kappa shape index (κ2) is 5.05. The highest BCUT2D eigenvalue weighted by molar-refractivity contribution is 5.57. The molecule has 5 heteroatoms. The van der Waals surface area contributed by atoms with Crippen LogP contribution >= 0.6 is 0 Å². The Hall–Kier alpha value is -1.75. The molecule has 0 aromatic carbocycles. The number of nitrogens with zero attached hydrogens (tertiary/aromatic N) is 3. The first-order chi connectivity index (χ1) is 8.22. The number of aryl methyl sites for hydroxylation is 1. The van der Waals surface area contributed by atoms with Gasteiger partial charge in [0.05, 0.1) is 6.04 Å². The van der Waals surface area contributed by atoms with E-state index in [1.165, 1.54) is 0 Å². The van der Waals surface area contributed by atoms with Crippen LogP contribution in [0.15, 0.2) is 23.0 Å². The van der Waals surface area contributed by atoms with Gasteiger partial charge in [-0.15, -0.1) is 0 Å². The zero-order valence-corrected chi connectivity index (χ0v) is 10.1. The molecule has 0 bridgehead atoms. The Kier molecular flexibility index (Phi) is 3.49. The van der Waals surface area contributed by atoms with Gasteiger partial charge in [0.25, 0.3) is 0 Å². The summed E-state index contributed by atoms with van der Waals surface area (Å²) in [6.45, 7) is 4.04. The van der Waals surface area contributed by atoms with E-state index in [-0.39, 0.29) is 6.04 Å². The van der Waals surface area contributed by atoms with Gasteiger partial charge in [0.2, 0.25) is 11.7 Å². The minimum Gasteiger partial charge on any atom is -0.337 e. The molecule has 0 saturated carbocycles. The highest BCUT2D eigenvalue weighted by Gasteiger charge is 2.15. The molecule has 0 aliphatic carbocycles. The van der Waals surface area contributed by atoms with Gasteiger partial charge >= 0.3 is 0 Å². The summed E-state index contributed by atoms with van der Waals surface area (Å²) in [4.78, 5) is 8.36. The first kappa shape index (κ1) is 11.7. The van der Waals surface area contributed by atoms with Gasteiger partial charge in [-0.05, 0) is 25.0 Å². The number of hydrogen-bond acceptors (Lipinski definition) is 5. The van der Waals surface area contributed by atoms with E-state index < -0.39 is 0 Å². The van der Waals surface area contributed by atoms with Crippen molar-refractivity contribution in [1.82, 2.24) is 15.1 Å². The molecule has 0 amide bonds. The van der Waals surface area contributed by atoms with Crippen LogP contribution in [-0.4, -0.2) is 15.1 Å². The minimum absolute atomic E-state index is 0.177. The summed E-state index contributed by atoms with van der Waals surface area (Å²) in [6.07, 6.45) is 5.33. The lowest BCUT2D eigenvalue weighted by Gasteiger charge is -2.02. The van der Waals surface area contributed by atoms with Gasteiger partial charge in [-0.3, -0.25) is 4.98 Å². The van der Waals surface area contributed by atoms with Crippen molar-refractivity contribution in [1.29, 1.82) is 0 Å². The number of nitrogens with two attached hydrogens (primary N) is 1. The third-order valence-corrected chi connectivity index (χ3v) is 2.62. The molecule has 0 unspecified atom stereocenters. The summed E-state index contributed by atoms with van der Waals surface area (Å²) in [5, 5.41) is 3.96. The van der Waals surface area contributed by atoms with Crippen molar-refractivity contribution in [3.05, 3.63) is 29.9 Å². The average Bonchev–Trinajstić information content (AvgIpc) is 2.79. The predicted molar refractivity (Wildman–Crippen MR) is 64.1 cm³/mol. The Morgan fingerprint density at radius 3 is 3.00 bits per heavy atom. The Morgan fingerprint density at radius 2 is 2.29 bits per heavy atom. The van der Waals surface area contributed by atoms with Crippen molar-refractivity contribution in [3.8, 4) is 11.4 Å². The molecule has 0 fully saturated rings. The molecule has 0 aliphatic rings. The first-order valence-electron chi connectivity index (χ1n) is 5.72. The van der Waals surface area contributed by atoms with E-state index in [1.807, 2.05) is 13.0 Å². The molecule has 0 aliphatic heterocycles. The topological polar surface area (TPSA) is 77.8 Å². The molecule has 0 saturated heterocycles. The van der Waals surface area contributed by atoms with E-state index >= 15 is 0 Å². The van der Waals surface area contributed by atoms with Gasteiger partial charge < -0.3 is 10.3 Å². The van der Waals surface area contributed by atoms with Gasteiger partial charge in [0.1, 0.15) is 0 Å². The van der Waals surface area contributed by atoms with Crippen LogP contribution in [0.4, 0.5) is 0 Å². The minimum atomic E-state index is -0.177. The van der Waals surface area contributed by atoms with Gasteiger partial charge in [-0.1, -0.05) is 18.5 Å². The highest BCUT2D eigenvalue weighted by atomic mass is 16.5. The fourth-order valence-corrected chi connectivity index (χ4v) is 1.65. The van der Waals surface area contributed by atoms with Crippen molar-refractivity contribution in [2.45, 2.75) is 32.7 Å². The van der Waals surface area contributed by atoms with Crippen LogP contribution in [0.1, 0.15) is 37.3 Å². The lowest BCUT2D eigenvalue weighted by atomic mass is 10.1. The van der Waals surface area contributed by atoms with Gasteiger partial charge in [-0.2, -0.15) is 4.98 Å². The van der Waals surface area contributed by atoms with E-state index in [0.717, 1.165) is 24.0 Å². The molecular formula is C12H16N4O. The first-order valence-corrected chi connectivity index (χ1v) is 5.72. The highest BCUT2D eigenvalue weighted by Crippen LogP contribution is 2.21. The van der Waals surface area contributed by atoms with E-state index in [0.29, 0.717) is 11.7 Å². The molecule has 17 heavy (non-hydrogen) atoms. The maximum Gasteiger partial charge on any atom is 0.243 e. The number of pyridine rings is 1. The quantitative estimate of drug-likeness (QED) is 0.874. The molecule has 0 radical (unpaired) electrons. The van der Waals surface area contributed by atoms with Crippen LogP contribution in [0.2, 0.25) is 0 Å². The molecule has 90 valence electrons. The van der Waals surface area contributed by atoms with Crippen molar-refractivity contribution in [3.63, 3.8) is 0 Å². The zero-order valence-electron chi connectivity index (χ0n) is 10.1. The molecule has 2 N–H and O–H groups in total. The molecule has 2 aromatic heterocycles. The number of hydrogen-bond donors (Lipinski definition) is 1.